The monoisotopic (exact) mass is 327 g/mol. The summed E-state index contributed by atoms with van der Waals surface area (Å²) in [6.07, 6.45) is 0.723. The van der Waals surface area contributed by atoms with E-state index in [2.05, 4.69) is 5.32 Å². The van der Waals surface area contributed by atoms with E-state index in [4.69, 9.17) is 34.8 Å². The molecule has 20 heavy (non-hydrogen) atoms. The summed E-state index contributed by atoms with van der Waals surface area (Å²) in [4.78, 5) is 12.0. The van der Waals surface area contributed by atoms with Gasteiger partial charge in [-0.1, -0.05) is 53.0 Å². The number of benzene rings is 2. The lowest BCUT2D eigenvalue weighted by molar-refractivity contribution is 0.0954. The van der Waals surface area contributed by atoms with Crippen LogP contribution in [0, 0.1) is 0 Å². The molecule has 0 atom stereocenters. The molecular weight excluding hydrogens is 317 g/mol. The van der Waals surface area contributed by atoms with Gasteiger partial charge in [-0.3, -0.25) is 4.79 Å². The van der Waals surface area contributed by atoms with E-state index in [0.717, 1.165) is 12.0 Å². The van der Waals surface area contributed by atoms with E-state index < -0.39 is 0 Å². The summed E-state index contributed by atoms with van der Waals surface area (Å²) in [6.45, 7) is 0.517. The molecule has 0 aromatic heterocycles. The van der Waals surface area contributed by atoms with E-state index in [1.165, 1.54) is 0 Å². The largest absolute Gasteiger partial charge is 0.352 e. The summed E-state index contributed by atoms with van der Waals surface area (Å²) in [5, 5.41) is 4.16. The van der Waals surface area contributed by atoms with Crippen LogP contribution in [0.25, 0.3) is 0 Å². The molecule has 0 saturated heterocycles. The normalized spacial score (nSPS) is 10.3. The number of nitrogens with one attached hydrogen (secondary N) is 1. The van der Waals surface area contributed by atoms with Crippen molar-refractivity contribution >= 4 is 40.7 Å². The second kappa shape index (κ2) is 6.98. The predicted molar refractivity (Wildman–Crippen MR) is 84.0 cm³/mol. The molecule has 1 N–H and O–H groups in total. The van der Waals surface area contributed by atoms with Crippen LogP contribution in [0.4, 0.5) is 0 Å². The van der Waals surface area contributed by atoms with E-state index in [0.29, 0.717) is 22.2 Å². The van der Waals surface area contributed by atoms with Gasteiger partial charge in [0.2, 0.25) is 0 Å². The zero-order valence-corrected chi connectivity index (χ0v) is 12.8. The third kappa shape index (κ3) is 3.89. The van der Waals surface area contributed by atoms with E-state index in [1.807, 2.05) is 24.3 Å². The fourth-order valence-electron chi connectivity index (χ4n) is 1.75. The van der Waals surface area contributed by atoms with Crippen LogP contribution in [0.1, 0.15) is 15.9 Å². The summed E-state index contributed by atoms with van der Waals surface area (Å²) >= 11 is 17.7. The first-order chi connectivity index (χ1) is 9.58. The van der Waals surface area contributed by atoms with E-state index in [-0.39, 0.29) is 10.9 Å². The second-order valence-electron chi connectivity index (χ2n) is 4.23. The minimum Gasteiger partial charge on any atom is -0.352 e. The van der Waals surface area contributed by atoms with Gasteiger partial charge < -0.3 is 5.32 Å². The van der Waals surface area contributed by atoms with Crippen molar-refractivity contribution in [2.24, 2.45) is 0 Å². The summed E-state index contributed by atoms with van der Waals surface area (Å²) in [5.41, 5.74) is 1.49. The summed E-state index contributed by atoms with van der Waals surface area (Å²) in [7, 11) is 0. The van der Waals surface area contributed by atoms with E-state index in [1.54, 1.807) is 18.2 Å². The summed E-state index contributed by atoms with van der Waals surface area (Å²) < 4.78 is 0. The van der Waals surface area contributed by atoms with Crippen molar-refractivity contribution in [2.75, 3.05) is 6.54 Å². The predicted octanol–water partition coefficient (Wildman–Crippen LogP) is 4.62. The summed E-state index contributed by atoms with van der Waals surface area (Å²) in [6, 6.07) is 12.5. The first-order valence-corrected chi connectivity index (χ1v) is 7.18. The minimum absolute atomic E-state index is 0.230. The van der Waals surface area contributed by atoms with Gasteiger partial charge in [-0.15, -0.1) is 0 Å². The maximum Gasteiger partial charge on any atom is 0.252 e. The molecule has 0 heterocycles. The van der Waals surface area contributed by atoms with Gasteiger partial charge in [0.15, 0.2) is 0 Å². The molecule has 0 bridgehead atoms. The third-order valence-corrected chi connectivity index (χ3v) is 3.88. The molecule has 0 unspecified atom stereocenters. The Bertz CT molecular complexity index is 611. The zero-order chi connectivity index (χ0) is 14.5. The standard InChI is InChI=1S/C15H12Cl3NO/c16-11-6-4-10(5-7-11)8-9-19-15(20)12-2-1-3-13(17)14(12)18/h1-7H,8-9H2,(H,19,20). The highest BCUT2D eigenvalue weighted by atomic mass is 35.5. The number of carbonyl (C=O) groups excluding carboxylic acids is 1. The molecule has 0 aliphatic heterocycles. The van der Waals surface area contributed by atoms with Crippen LogP contribution >= 0.6 is 34.8 Å². The van der Waals surface area contributed by atoms with Gasteiger partial charge in [-0.25, -0.2) is 0 Å². The SMILES string of the molecule is O=C(NCCc1ccc(Cl)cc1)c1cccc(Cl)c1Cl. The molecule has 0 radical (unpaired) electrons. The van der Waals surface area contributed by atoms with E-state index >= 15 is 0 Å². The van der Waals surface area contributed by atoms with Crippen LogP contribution in [0.5, 0.6) is 0 Å². The van der Waals surface area contributed by atoms with Crippen molar-refractivity contribution in [3.63, 3.8) is 0 Å². The molecule has 104 valence electrons. The molecule has 2 aromatic carbocycles. The Kier molecular flexibility index (Phi) is 5.30. The molecule has 0 aliphatic rings. The van der Waals surface area contributed by atoms with Crippen LogP contribution in [0.3, 0.4) is 0 Å². The van der Waals surface area contributed by atoms with Gasteiger partial charge in [-0.05, 0) is 36.2 Å². The van der Waals surface area contributed by atoms with Crippen molar-refractivity contribution in [2.45, 2.75) is 6.42 Å². The highest BCUT2D eigenvalue weighted by Crippen LogP contribution is 2.25. The Labute approximate surface area is 132 Å². The second-order valence-corrected chi connectivity index (χ2v) is 5.46. The van der Waals surface area contributed by atoms with Gasteiger partial charge in [0.1, 0.15) is 0 Å². The Morgan fingerprint density at radius 1 is 1.00 bits per heavy atom. The van der Waals surface area contributed by atoms with Gasteiger partial charge in [0.25, 0.3) is 5.91 Å². The third-order valence-electron chi connectivity index (χ3n) is 2.81. The molecule has 0 fully saturated rings. The molecule has 0 saturated carbocycles. The lowest BCUT2D eigenvalue weighted by atomic mass is 10.1. The number of carbonyl (C=O) groups is 1. The molecule has 1 amide bonds. The van der Waals surface area contributed by atoms with Crippen LogP contribution in [-0.4, -0.2) is 12.5 Å². The van der Waals surface area contributed by atoms with Crippen LogP contribution in [0.15, 0.2) is 42.5 Å². The fraction of sp³-hybridized carbons (Fsp3) is 0.133. The molecule has 2 rings (SSSR count). The minimum atomic E-state index is -0.230. The molecule has 0 spiro atoms. The van der Waals surface area contributed by atoms with Gasteiger partial charge >= 0.3 is 0 Å². The Hall–Kier alpha value is -1.22. The smallest absolute Gasteiger partial charge is 0.252 e. The topological polar surface area (TPSA) is 29.1 Å². The van der Waals surface area contributed by atoms with Crippen molar-refractivity contribution in [3.05, 3.63) is 68.7 Å². The number of hydrogen-bond acceptors (Lipinski definition) is 1. The maximum atomic E-state index is 12.0. The first-order valence-electron chi connectivity index (χ1n) is 6.04. The van der Waals surface area contributed by atoms with Gasteiger partial charge in [0, 0.05) is 11.6 Å². The number of rotatable bonds is 4. The van der Waals surface area contributed by atoms with Crippen molar-refractivity contribution in [3.8, 4) is 0 Å². The fourth-order valence-corrected chi connectivity index (χ4v) is 2.26. The first kappa shape index (κ1) is 15.2. The maximum absolute atomic E-state index is 12.0. The van der Waals surface area contributed by atoms with Crippen LogP contribution < -0.4 is 5.32 Å². The zero-order valence-electron chi connectivity index (χ0n) is 10.5. The quantitative estimate of drug-likeness (QED) is 0.872. The average molecular weight is 329 g/mol. The van der Waals surface area contributed by atoms with Crippen LogP contribution in [-0.2, 0) is 6.42 Å². The molecule has 5 heteroatoms. The lowest BCUT2D eigenvalue weighted by Crippen LogP contribution is -2.26. The number of hydrogen-bond donors (Lipinski definition) is 1. The highest BCUT2D eigenvalue weighted by molar-refractivity contribution is 6.43. The van der Waals surface area contributed by atoms with Crippen molar-refractivity contribution in [1.29, 1.82) is 0 Å². The number of amides is 1. The highest BCUT2D eigenvalue weighted by Gasteiger charge is 2.11. The van der Waals surface area contributed by atoms with Crippen molar-refractivity contribution < 1.29 is 4.79 Å². The Balaban J connectivity index is 1.92. The van der Waals surface area contributed by atoms with Crippen molar-refractivity contribution in [1.82, 2.24) is 5.32 Å². The van der Waals surface area contributed by atoms with Gasteiger partial charge in [-0.2, -0.15) is 0 Å². The molecule has 2 aromatic rings. The average Bonchev–Trinajstić information content (AvgIpc) is 2.44. The molecule has 2 nitrogen and oxygen atoms in total. The molecular formula is C15H12Cl3NO. The Morgan fingerprint density at radius 3 is 2.40 bits per heavy atom. The van der Waals surface area contributed by atoms with Gasteiger partial charge in [0.05, 0.1) is 15.6 Å². The Morgan fingerprint density at radius 2 is 1.70 bits per heavy atom. The summed E-state index contributed by atoms with van der Waals surface area (Å²) in [5.74, 6) is -0.230. The van der Waals surface area contributed by atoms with E-state index in [9.17, 15) is 4.79 Å². The number of halogens is 3. The lowest BCUT2D eigenvalue weighted by Gasteiger charge is -2.07. The van der Waals surface area contributed by atoms with Crippen LogP contribution in [0.2, 0.25) is 15.1 Å². The molecule has 0 aliphatic carbocycles.